The Morgan fingerprint density at radius 2 is 1.89 bits per heavy atom. The van der Waals surface area contributed by atoms with E-state index in [2.05, 4.69) is 54.5 Å². The molecule has 1 unspecified atom stereocenters. The molecule has 2 rings (SSSR count). The molecule has 0 amide bonds. The molecule has 1 aromatic carbocycles. The van der Waals surface area contributed by atoms with Gasteiger partial charge in [0, 0.05) is 17.1 Å². The fourth-order valence-corrected chi connectivity index (χ4v) is 3.06. The average molecular weight is 272 g/mol. The highest BCUT2D eigenvalue weighted by molar-refractivity contribution is 7.99. The Balaban J connectivity index is 2.25. The summed E-state index contributed by atoms with van der Waals surface area (Å²) in [6.07, 6.45) is 2.93. The predicted octanol–water partition coefficient (Wildman–Crippen LogP) is 4.29. The SMILES string of the molecule is CCNC(CC)c1ccccc1Sc1ccccn1. The number of rotatable bonds is 6. The van der Waals surface area contributed by atoms with Crippen LogP contribution in [0.4, 0.5) is 0 Å². The second-order valence-corrected chi connectivity index (χ2v) is 5.39. The largest absolute Gasteiger partial charge is 0.310 e. The van der Waals surface area contributed by atoms with E-state index < -0.39 is 0 Å². The summed E-state index contributed by atoms with van der Waals surface area (Å²) in [6, 6.07) is 15.0. The number of pyridine rings is 1. The zero-order valence-corrected chi connectivity index (χ0v) is 12.3. The maximum absolute atomic E-state index is 4.39. The van der Waals surface area contributed by atoms with E-state index in [0.29, 0.717) is 6.04 Å². The van der Waals surface area contributed by atoms with Crippen molar-refractivity contribution in [1.29, 1.82) is 0 Å². The number of hydrogen-bond donors (Lipinski definition) is 1. The van der Waals surface area contributed by atoms with Crippen LogP contribution in [0.1, 0.15) is 31.9 Å². The zero-order chi connectivity index (χ0) is 13.5. The van der Waals surface area contributed by atoms with E-state index in [1.54, 1.807) is 11.8 Å². The highest BCUT2D eigenvalue weighted by Gasteiger charge is 2.13. The van der Waals surface area contributed by atoms with Gasteiger partial charge in [0.25, 0.3) is 0 Å². The quantitative estimate of drug-likeness (QED) is 0.849. The van der Waals surface area contributed by atoms with Gasteiger partial charge >= 0.3 is 0 Å². The number of aromatic nitrogens is 1. The van der Waals surface area contributed by atoms with E-state index in [1.807, 2.05) is 18.3 Å². The molecule has 100 valence electrons. The molecule has 1 N–H and O–H groups in total. The highest BCUT2D eigenvalue weighted by atomic mass is 32.2. The Hall–Kier alpha value is -1.32. The predicted molar refractivity (Wildman–Crippen MR) is 81.5 cm³/mol. The standard InChI is InChI=1S/C16H20N2S/c1-3-14(17-4-2)13-9-5-6-10-15(13)19-16-11-7-8-12-18-16/h5-12,14,17H,3-4H2,1-2H3. The molecule has 1 atom stereocenters. The van der Waals surface area contributed by atoms with Crippen LogP contribution in [0, 0.1) is 0 Å². The van der Waals surface area contributed by atoms with Gasteiger partial charge in [0.2, 0.25) is 0 Å². The number of hydrogen-bond acceptors (Lipinski definition) is 3. The molecule has 19 heavy (non-hydrogen) atoms. The molecule has 0 aliphatic heterocycles. The van der Waals surface area contributed by atoms with Gasteiger partial charge in [-0.15, -0.1) is 0 Å². The Kier molecular flexibility index (Phi) is 5.43. The van der Waals surface area contributed by atoms with Crippen LogP contribution in [0.3, 0.4) is 0 Å². The smallest absolute Gasteiger partial charge is 0.101 e. The van der Waals surface area contributed by atoms with E-state index >= 15 is 0 Å². The number of benzene rings is 1. The van der Waals surface area contributed by atoms with Gasteiger partial charge in [-0.2, -0.15) is 0 Å². The van der Waals surface area contributed by atoms with Crippen molar-refractivity contribution in [2.24, 2.45) is 0 Å². The summed E-state index contributed by atoms with van der Waals surface area (Å²) in [7, 11) is 0. The van der Waals surface area contributed by atoms with Crippen molar-refractivity contribution in [3.05, 3.63) is 54.2 Å². The molecule has 0 fully saturated rings. The van der Waals surface area contributed by atoms with Gasteiger partial charge in [-0.05, 0) is 36.7 Å². The molecular weight excluding hydrogens is 252 g/mol. The monoisotopic (exact) mass is 272 g/mol. The first-order valence-electron chi connectivity index (χ1n) is 6.76. The number of nitrogens with one attached hydrogen (secondary N) is 1. The summed E-state index contributed by atoms with van der Waals surface area (Å²) in [5.74, 6) is 0. The number of nitrogens with zero attached hydrogens (tertiary/aromatic N) is 1. The van der Waals surface area contributed by atoms with Gasteiger partial charge in [-0.25, -0.2) is 4.98 Å². The summed E-state index contributed by atoms with van der Waals surface area (Å²) in [6.45, 7) is 5.35. The molecule has 0 spiro atoms. The van der Waals surface area contributed by atoms with Crippen LogP contribution in [0.25, 0.3) is 0 Å². The van der Waals surface area contributed by atoms with E-state index in [0.717, 1.165) is 18.0 Å². The molecule has 1 aromatic heterocycles. The van der Waals surface area contributed by atoms with Crippen LogP contribution >= 0.6 is 11.8 Å². The van der Waals surface area contributed by atoms with E-state index in [1.165, 1.54) is 10.5 Å². The minimum atomic E-state index is 0.414. The molecule has 0 aliphatic rings. The Morgan fingerprint density at radius 1 is 1.11 bits per heavy atom. The van der Waals surface area contributed by atoms with Gasteiger partial charge in [0.05, 0.1) is 0 Å². The van der Waals surface area contributed by atoms with E-state index in [9.17, 15) is 0 Å². The zero-order valence-electron chi connectivity index (χ0n) is 11.5. The third-order valence-corrected chi connectivity index (χ3v) is 4.05. The van der Waals surface area contributed by atoms with Gasteiger partial charge in [0.15, 0.2) is 0 Å². The van der Waals surface area contributed by atoms with Crippen molar-refractivity contribution < 1.29 is 0 Å². The summed E-state index contributed by atoms with van der Waals surface area (Å²) >= 11 is 1.73. The second-order valence-electron chi connectivity index (χ2n) is 4.33. The van der Waals surface area contributed by atoms with Crippen LogP contribution < -0.4 is 5.32 Å². The third kappa shape index (κ3) is 3.82. The third-order valence-electron chi connectivity index (χ3n) is 3.01. The fourth-order valence-electron chi connectivity index (χ4n) is 2.10. The molecular formula is C16H20N2S. The van der Waals surface area contributed by atoms with Gasteiger partial charge in [0.1, 0.15) is 5.03 Å². The molecule has 1 heterocycles. The molecule has 0 saturated carbocycles. The summed E-state index contributed by atoms with van der Waals surface area (Å²) in [5, 5.41) is 4.58. The summed E-state index contributed by atoms with van der Waals surface area (Å²) in [5.41, 5.74) is 1.36. The second kappa shape index (κ2) is 7.31. The molecule has 2 aromatic rings. The summed E-state index contributed by atoms with van der Waals surface area (Å²) in [4.78, 5) is 5.67. The Labute approximate surface area is 119 Å². The summed E-state index contributed by atoms with van der Waals surface area (Å²) < 4.78 is 0. The average Bonchev–Trinajstić information content (AvgIpc) is 2.47. The Bertz CT molecular complexity index is 499. The van der Waals surface area contributed by atoms with Crippen LogP contribution in [-0.4, -0.2) is 11.5 Å². The lowest BCUT2D eigenvalue weighted by Crippen LogP contribution is -2.20. The van der Waals surface area contributed by atoms with Gasteiger partial charge in [-0.1, -0.05) is 49.9 Å². The molecule has 2 nitrogen and oxygen atoms in total. The maximum Gasteiger partial charge on any atom is 0.101 e. The Morgan fingerprint density at radius 3 is 2.58 bits per heavy atom. The normalized spacial score (nSPS) is 12.3. The van der Waals surface area contributed by atoms with Crippen LogP contribution in [-0.2, 0) is 0 Å². The van der Waals surface area contributed by atoms with Crippen LogP contribution in [0.5, 0.6) is 0 Å². The van der Waals surface area contributed by atoms with Crippen LogP contribution in [0.15, 0.2) is 58.6 Å². The lowest BCUT2D eigenvalue weighted by atomic mass is 10.0. The van der Waals surface area contributed by atoms with Crippen molar-refractivity contribution >= 4 is 11.8 Å². The van der Waals surface area contributed by atoms with Crippen molar-refractivity contribution in [3.63, 3.8) is 0 Å². The minimum absolute atomic E-state index is 0.414. The highest BCUT2D eigenvalue weighted by Crippen LogP contribution is 2.33. The van der Waals surface area contributed by atoms with Crippen molar-refractivity contribution in [2.45, 2.75) is 36.2 Å². The van der Waals surface area contributed by atoms with Crippen LogP contribution in [0.2, 0.25) is 0 Å². The fraction of sp³-hybridized carbons (Fsp3) is 0.312. The van der Waals surface area contributed by atoms with Crippen molar-refractivity contribution in [2.75, 3.05) is 6.54 Å². The first-order valence-corrected chi connectivity index (χ1v) is 7.58. The van der Waals surface area contributed by atoms with E-state index in [4.69, 9.17) is 0 Å². The maximum atomic E-state index is 4.39. The van der Waals surface area contributed by atoms with E-state index in [-0.39, 0.29) is 0 Å². The van der Waals surface area contributed by atoms with Gasteiger partial charge in [-0.3, -0.25) is 0 Å². The molecule has 0 radical (unpaired) electrons. The molecule has 0 bridgehead atoms. The minimum Gasteiger partial charge on any atom is -0.310 e. The molecule has 3 heteroatoms. The van der Waals surface area contributed by atoms with Crippen molar-refractivity contribution in [1.82, 2.24) is 10.3 Å². The topological polar surface area (TPSA) is 24.9 Å². The first kappa shape index (κ1) is 14.1. The lowest BCUT2D eigenvalue weighted by Gasteiger charge is -2.19. The lowest BCUT2D eigenvalue weighted by molar-refractivity contribution is 0.530. The molecule has 0 saturated heterocycles. The van der Waals surface area contributed by atoms with Crippen molar-refractivity contribution in [3.8, 4) is 0 Å². The first-order chi connectivity index (χ1) is 9.35. The molecule has 0 aliphatic carbocycles. The van der Waals surface area contributed by atoms with Gasteiger partial charge < -0.3 is 5.32 Å².